The second-order valence-corrected chi connectivity index (χ2v) is 5.83. The van der Waals surface area contributed by atoms with Gasteiger partial charge in [0.25, 0.3) is 0 Å². The maximum Gasteiger partial charge on any atom is 0.227 e. The summed E-state index contributed by atoms with van der Waals surface area (Å²) in [5, 5.41) is 3.43. The molecule has 110 valence electrons. The van der Waals surface area contributed by atoms with Gasteiger partial charge in [-0.15, -0.1) is 0 Å². The minimum atomic E-state index is 0.847. The van der Waals surface area contributed by atoms with Gasteiger partial charge in [0.1, 0.15) is 5.82 Å². The molecule has 2 aromatic rings. The van der Waals surface area contributed by atoms with Crippen LogP contribution >= 0.6 is 0 Å². The maximum absolute atomic E-state index is 4.68. The monoisotopic (exact) mass is 282 g/mol. The number of hydrogen-bond acceptors (Lipinski definition) is 4. The fourth-order valence-electron chi connectivity index (χ4n) is 2.77. The van der Waals surface area contributed by atoms with E-state index in [1.165, 1.54) is 24.0 Å². The van der Waals surface area contributed by atoms with Crippen LogP contribution in [0.15, 0.2) is 24.3 Å². The highest BCUT2D eigenvalue weighted by Crippen LogP contribution is 2.23. The molecule has 4 nitrogen and oxygen atoms in total. The Morgan fingerprint density at radius 3 is 2.48 bits per heavy atom. The van der Waals surface area contributed by atoms with Crippen LogP contribution in [0.3, 0.4) is 0 Å². The Bertz CT molecular complexity index is 645. The summed E-state index contributed by atoms with van der Waals surface area (Å²) < 4.78 is 0. The lowest BCUT2D eigenvalue weighted by Crippen LogP contribution is -2.21. The van der Waals surface area contributed by atoms with Gasteiger partial charge in [-0.2, -0.15) is 4.98 Å². The molecule has 1 aromatic carbocycles. The highest BCUT2D eigenvalue weighted by atomic mass is 15.3. The van der Waals surface area contributed by atoms with E-state index in [2.05, 4.69) is 52.2 Å². The van der Waals surface area contributed by atoms with Gasteiger partial charge in [0.2, 0.25) is 5.95 Å². The van der Waals surface area contributed by atoms with Crippen molar-refractivity contribution in [2.45, 2.75) is 33.6 Å². The summed E-state index contributed by atoms with van der Waals surface area (Å²) in [7, 11) is 0. The Morgan fingerprint density at radius 1 is 1.00 bits per heavy atom. The number of benzene rings is 1. The Morgan fingerprint density at radius 2 is 1.76 bits per heavy atom. The molecule has 1 aliphatic heterocycles. The molecular formula is C17H22N4. The third-order valence-electron chi connectivity index (χ3n) is 3.88. The lowest BCUT2D eigenvalue weighted by Gasteiger charge is -2.17. The van der Waals surface area contributed by atoms with Crippen LogP contribution in [0.5, 0.6) is 0 Å². The number of nitrogens with zero attached hydrogens (tertiary/aromatic N) is 3. The molecule has 0 atom stereocenters. The summed E-state index contributed by atoms with van der Waals surface area (Å²) >= 11 is 0. The van der Waals surface area contributed by atoms with E-state index in [0.717, 1.165) is 36.2 Å². The standard InChI is InChI=1S/C17H22N4/c1-12-6-7-15(13(2)10-12)19-16-11-14(3)18-17(20-16)21-8-4-5-9-21/h6-7,10-11H,4-5,8-9H2,1-3H3,(H,18,19,20). The molecule has 0 bridgehead atoms. The molecule has 0 spiro atoms. The van der Waals surface area contributed by atoms with Crippen LogP contribution in [0.4, 0.5) is 17.5 Å². The van der Waals surface area contributed by atoms with Gasteiger partial charge < -0.3 is 10.2 Å². The van der Waals surface area contributed by atoms with Crippen molar-refractivity contribution in [3.63, 3.8) is 0 Å². The average molecular weight is 282 g/mol. The molecule has 4 heteroatoms. The summed E-state index contributed by atoms with van der Waals surface area (Å²) in [5.41, 5.74) is 4.61. The number of rotatable bonds is 3. The summed E-state index contributed by atoms with van der Waals surface area (Å²) in [6.07, 6.45) is 2.47. The Kier molecular flexibility index (Phi) is 3.78. The van der Waals surface area contributed by atoms with Gasteiger partial charge in [-0.05, 0) is 45.2 Å². The van der Waals surface area contributed by atoms with Crippen LogP contribution in [-0.2, 0) is 0 Å². The predicted octanol–water partition coefficient (Wildman–Crippen LogP) is 3.75. The minimum Gasteiger partial charge on any atom is -0.341 e. The molecule has 1 saturated heterocycles. The molecule has 0 amide bonds. The molecule has 1 N–H and O–H groups in total. The normalized spacial score (nSPS) is 14.5. The van der Waals surface area contributed by atoms with Crippen LogP contribution in [-0.4, -0.2) is 23.1 Å². The van der Waals surface area contributed by atoms with E-state index >= 15 is 0 Å². The highest BCUT2D eigenvalue weighted by Gasteiger charge is 2.16. The summed E-state index contributed by atoms with van der Waals surface area (Å²) in [6, 6.07) is 8.40. The first-order valence-electron chi connectivity index (χ1n) is 7.57. The first kappa shape index (κ1) is 13.9. The van der Waals surface area contributed by atoms with Crippen molar-refractivity contribution in [1.29, 1.82) is 0 Å². The molecule has 1 aromatic heterocycles. The maximum atomic E-state index is 4.68. The van der Waals surface area contributed by atoms with E-state index in [-0.39, 0.29) is 0 Å². The fourth-order valence-corrected chi connectivity index (χ4v) is 2.77. The topological polar surface area (TPSA) is 41.1 Å². The molecule has 0 aliphatic carbocycles. The van der Waals surface area contributed by atoms with Gasteiger partial charge in [-0.1, -0.05) is 17.7 Å². The second kappa shape index (κ2) is 5.72. The number of aromatic nitrogens is 2. The third-order valence-corrected chi connectivity index (χ3v) is 3.88. The Hall–Kier alpha value is -2.10. The SMILES string of the molecule is Cc1ccc(Nc2cc(C)nc(N3CCCC3)n2)c(C)c1. The molecule has 1 aliphatic rings. The van der Waals surface area contributed by atoms with E-state index < -0.39 is 0 Å². The van der Waals surface area contributed by atoms with Crippen molar-refractivity contribution in [2.75, 3.05) is 23.3 Å². The smallest absolute Gasteiger partial charge is 0.227 e. The molecule has 21 heavy (non-hydrogen) atoms. The first-order chi connectivity index (χ1) is 10.1. The van der Waals surface area contributed by atoms with Crippen molar-refractivity contribution in [3.05, 3.63) is 41.1 Å². The van der Waals surface area contributed by atoms with Crippen LogP contribution < -0.4 is 10.2 Å². The van der Waals surface area contributed by atoms with E-state index in [9.17, 15) is 0 Å². The van der Waals surface area contributed by atoms with Crippen LogP contribution in [0.1, 0.15) is 29.7 Å². The summed E-state index contributed by atoms with van der Waals surface area (Å²) in [5.74, 6) is 1.72. The largest absolute Gasteiger partial charge is 0.341 e. The average Bonchev–Trinajstić information content (AvgIpc) is 2.95. The Labute approximate surface area is 126 Å². The van der Waals surface area contributed by atoms with Crippen LogP contribution in [0.2, 0.25) is 0 Å². The van der Waals surface area contributed by atoms with E-state index in [0.29, 0.717) is 0 Å². The zero-order valence-electron chi connectivity index (χ0n) is 13.0. The quantitative estimate of drug-likeness (QED) is 0.931. The van der Waals surface area contributed by atoms with Gasteiger partial charge >= 0.3 is 0 Å². The van der Waals surface area contributed by atoms with Crippen LogP contribution in [0, 0.1) is 20.8 Å². The minimum absolute atomic E-state index is 0.847. The van der Waals surface area contributed by atoms with E-state index in [1.54, 1.807) is 0 Å². The van der Waals surface area contributed by atoms with Gasteiger partial charge in [0.15, 0.2) is 0 Å². The molecule has 3 rings (SSSR count). The van der Waals surface area contributed by atoms with Gasteiger partial charge in [0, 0.05) is 30.5 Å². The molecular weight excluding hydrogens is 260 g/mol. The molecule has 0 radical (unpaired) electrons. The van der Waals surface area contributed by atoms with E-state index in [1.807, 2.05) is 13.0 Å². The van der Waals surface area contributed by atoms with Gasteiger partial charge in [0.05, 0.1) is 0 Å². The lowest BCUT2D eigenvalue weighted by molar-refractivity contribution is 0.891. The fraction of sp³-hybridized carbons (Fsp3) is 0.412. The molecule has 0 unspecified atom stereocenters. The number of nitrogens with one attached hydrogen (secondary N) is 1. The Balaban J connectivity index is 1.87. The van der Waals surface area contributed by atoms with Crippen molar-refractivity contribution in [3.8, 4) is 0 Å². The van der Waals surface area contributed by atoms with E-state index in [4.69, 9.17) is 0 Å². The predicted molar refractivity (Wildman–Crippen MR) is 87.4 cm³/mol. The summed E-state index contributed by atoms with van der Waals surface area (Å²) in [4.78, 5) is 11.5. The van der Waals surface area contributed by atoms with Crippen molar-refractivity contribution < 1.29 is 0 Å². The number of aryl methyl sites for hydroxylation is 3. The van der Waals surface area contributed by atoms with Gasteiger partial charge in [-0.3, -0.25) is 0 Å². The molecule has 2 heterocycles. The third kappa shape index (κ3) is 3.15. The van der Waals surface area contributed by atoms with Crippen molar-refractivity contribution in [1.82, 2.24) is 9.97 Å². The van der Waals surface area contributed by atoms with Crippen molar-refractivity contribution in [2.24, 2.45) is 0 Å². The first-order valence-corrected chi connectivity index (χ1v) is 7.57. The molecule has 1 fully saturated rings. The number of anilines is 3. The van der Waals surface area contributed by atoms with Gasteiger partial charge in [-0.25, -0.2) is 4.98 Å². The summed E-state index contributed by atoms with van der Waals surface area (Å²) in [6.45, 7) is 8.37. The zero-order chi connectivity index (χ0) is 14.8. The van der Waals surface area contributed by atoms with Crippen molar-refractivity contribution >= 4 is 17.5 Å². The van der Waals surface area contributed by atoms with Crippen LogP contribution in [0.25, 0.3) is 0 Å². The number of hydrogen-bond donors (Lipinski definition) is 1. The zero-order valence-corrected chi connectivity index (χ0v) is 13.0. The second-order valence-electron chi connectivity index (χ2n) is 5.83. The molecule has 0 saturated carbocycles. The lowest BCUT2D eigenvalue weighted by atomic mass is 10.1. The highest BCUT2D eigenvalue weighted by molar-refractivity contribution is 5.62.